The fourth-order valence-electron chi connectivity index (χ4n) is 2.44. The fraction of sp³-hybridized carbons (Fsp3) is 0.294. The molecule has 1 amide bonds. The highest BCUT2D eigenvalue weighted by molar-refractivity contribution is 6.02. The van der Waals surface area contributed by atoms with Crippen LogP contribution in [0, 0.1) is 6.92 Å². The molecule has 1 N–H and O–H groups in total. The quantitative estimate of drug-likeness (QED) is 0.803. The van der Waals surface area contributed by atoms with E-state index in [1.165, 1.54) is 0 Å². The zero-order valence-electron chi connectivity index (χ0n) is 13.4. The molecule has 0 aliphatic rings. The van der Waals surface area contributed by atoms with Crippen LogP contribution in [0.2, 0.25) is 0 Å². The molecule has 0 radical (unpaired) electrons. The molecule has 3 aromatic rings. The summed E-state index contributed by atoms with van der Waals surface area (Å²) in [7, 11) is 0. The second-order valence-electron chi connectivity index (χ2n) is 5.58. The highest BCUT2D eigenvalue weighted by atomic mass is 16.2. The monoisotopic (exact) mass is 309 g/mol. The van der Waals surface area contributed by atoms with Crippen molar-refractivity contribution in [2.24, 2.45) is 0 Å². The maximum Gasteiger partial charge on any atom is 0.295 e. The molecule has 118 valence electrons. The van der Waals surface area contributed by atoms with Crippen molar-refractivity contribution in [3.8, 4) is 0 Å². The lowest BCUT2D eigenvalue weighted by atomic mass is 9.97. The van der Waals surface area contributed by atoms with E-state index in [0.717, 1.165) is 23.4 Å². The summed E-state index contributed by atoms with van der Waals surface area (Å²) >= 11 is 0. The molecule has 23 heavy (non-hydrogen) atoms. The van der Waals surface area contributed by atoms with Gasteiger partial charge in [0.15, 0.2) is 0 Å². The topological polar surface area (TPSA) is 72.2 Å². The van der Waals surface area contributed by atoms with Gasteiger partial charge in [0.1, 0.15) is 0 Å². The molecule has 6 nitrogen and oxygen atoms in total. The van der Waals surface area contributed by atoms with Crippen LogP contribution >= 0.6 is 0 Å². The first kappa shape index (κ1) is 15.1. The Morgan fingerprint density at radius 2 is 2.09 bits per heavy atom. The van der Waals surface area contributed by atoms with E-state index in [-0.39, 0.29) is 11.7 Å². The summed E-state index contributed by atoms with van der Waals surface area (Å²) in [5.74, 6) is 0.575. The smallest absolute Gasteiger partial charge is 0.295 e. The fourth-order valence-corrected chi connectivity index (χ4v) is 2.44. The molecule has 1 aromatic carbocycles. The van der Waals surface area contributed by atoms with Gasteiger partial charge in [-0.1, -0.05) is 32.0 Å². The van der Waals surface area contributed by atoms with E-state index in [4.69, 9.17) is 0 Å². The van der Waals surface area contributed by atoms with Crippen molar-refractivity contribution in [1.82, 2.24) is 19.6 Å². The Kier molecular flexibility index (Phi) is 4.06. The molecule has 0 saturated carbocycles. The average molecular weight is 309 g/mol. The van der Waals surface area contributed by atoms with E-state index >= 15 is 0 Å². The van der Waals surface area contributed by atoms with E-state index in [9.17, 15) is 4.79 Å². The van der Waals surface area contributed by atoms with Crippen molar-refractivity contribution in [2.75, 3.05) is 5.32 Å². The number of carbonyl (C=O) groups excluding carboxylic acids is 1. The number of aromatic nitrogens is 4. The summed E-state index contributed by atoms with van der Waals surface area (Å²) in [6.45, 7) is 6.16. The van der Waals surface area contributed by atoms with Crippen molar-refractivity contribution in [3.05, 3.63) is 53.6 Å². The Bertz CT molecular complexity index is 855. The minimum Gasteiger partial charge on any atom is -0.319 e. The summed E-state index contributed by atoms with van der Waals surface area (Å²) < 4.78 is 1.56. The van der Waals surface area contributed by atoms with E-state index < -0.39 is 0 Å². The van der Waals surface area contributed by atoms with Crippen molar-refractivity contribution in [3.63, 3.8) is 0 Å². The predicted molar refractivity (Wildman–Crippen MR) is 88.6 cm³/mol. The highest BCUT2D eigenvalue weighted by Gasteiger charge is 2.17. The number of benzene rings is 1. The lowest BCUT2D eigenvalue weighted by molar-refractivity contribution is 0.101. The Labute approximate surface area is 134 Å². The average Bonchev–Trinajstić information content (AvgIpc) is 3.00. The summed E-state index contributed by atoms with van der Waals surface area (Å²) in [6, 6.07) is 9.64. The number of nitrogens with one attached hydrogen (secondary N) is 1. The molecular weight excluding hydrogens is 290 g/mol. The van der Waals surface area contributed by atoms with Gasteiger partial charge in [-0.2, -0.15) is 4.98 Å². The first-order chi connectivity index (χ1) is 11.1. The number of hydrogen-bond acceptors (Lipinski definition) is 4. The number of aryl methyl sites for hydroxylation is 1. The molecule has 0 aliphatic carbocycles. The van der Waals surface area contributed by atoms with Crippen LogP contribution in [0.3, 0.4) is 0 Å². The van der Waals surface area contributed by atoms with Gasteiger partial charge < -0.3 is 5.32 Å². The zero-order valence-corrected chi connectivity index (χ0v) is 13.4. The van der Waals surface area contributed by atoms with Crippen molar-refractivity contribution >= 4 is 17.4 Å². The van der Waals surface area contributed by atoms with Crippen LogP contribution in [-0.4, -0.2) is 25.5 Å². The SMILES string of the molecule is CCC(C)c1ccccc1NC(=O)c1nc2nccc(C)n2n1. The van der Waals surface area contributed by atoms with Crippen LogP contribution < -0.4 is 5.32 Å². The van der Waals surface area contributed by atoms with Crippen molar-refractivity contribution < 1.29 is 4.79 Å². The number of para-hydroxylation sites is 1. The lowest BCUT2D eigenvalue weighted by Crippen LogP contribution is -2.15. The number of anilines is 1. The van der Waals surface area contributed by atoms with Crippen LogP contribution in [0.25, 0.3) is 5.78 Å². The third kappa shape index (κ3) is 2.92. The number of carbonyl (C=O) groups is 1. The van der Waals surface area contributed by atoms with Gasteiger partial charge in [-0.25, -0.2) is 9.50 Å². The number of nitrogens with zero attached hydrogens (tertiary/aromatic N) is 4. The number of fused-ring (bicyclic) bond motifs is 1. The molecule has 6 heteroatoms. The molecule has 0 saturated heterocycles. The normalized spacial score (nSPS) is 12.3. The van der Waals surface area contributed by atoms with Crippen LogP contribution in [0.4, 0.5) is 5.69 Å². The third-order valence-electron chi connectivity index (χ3n) is 3.99. The minimum absolute atomic E-state index is 0.116. The summed E-state index contributed by atoms with van der Waals surface area (Å²) in [4.78, 5) is 20.8. The Morgan fingerprint density at radius 3 is 2.83 bits per heavy atom. The van der Waals surface area contributed by atoms with Crippen LogP contribution in [0.5, 0.6) is 0 Å². The second-order valence-corrected chi connectivity index (χ2v) is 5.58. The van der Waals surface area contributed by atoms with E-state index in [0.29, 0.717) is 11.7 Å². The molecule has 2 aromatic heterocycles. The van der Waals surface area contributed by atoms with E-state index in [1.807, 2.05) is 37.3 Å². The van der Waals surface area contributed by atoms with Crippen LogP contribution in [0.1, 0.15) is 48.1 Å². The van der Waals surface area contributed by atoms with E-state index in [1.54, 1.807) is 10.7 Å². The maximum absolute atomic E-state index is 12.5. The van der Waals surface area contributed by atoms with E-state index in [2.05, 4.69) is 34.2 Å². The van der Waals surface area contributed by atoms with Gasteiger partial charge >= 0.3 is 0 Å². The van der Waals surface area contributed by atoms with Gasteiger partial charge in [-0.3, -0.25) is 4.79 Å². The summed E-state index contributed by atoms with van der Waals surface area (Å²) in [5, 5.41) is 7.15. The molecule has 1 atom stereocenters. The second kappa shape index (κ2) is 6.16. The van der Waals surface area contributed by atoms with Crippen molar-refractivity contribution in [2.45, 2.75) is 33.1 Å². The first-order valence-corrected chi connectivity index (χ1v) is 7.68. The van der Waals surface area contributed by atoms with Gasteiger partial charge in [-0.15, -0.1) is 5.10 Å². The molecule has 2 heterocycles. The molecular formula is C17H19N5O. The molecule has 0 spiro atoms. The Balaban J connectivity index is 1.91. The van der Waals surface area contributed by atoms with Gasteiger partial charge in [0.05, 0.1) is 0 Å². The third-order valence-corrected chi connectivity index (χ3v) is 3.99. The zero-order chi connectivity index (χ0) is 16.4. The summed E-state index contributed by atoms with van der Waals surface area (Å²) in [5.41, 5.74) is 2.79. The summed E-state index contributed by atoms with van der Waals surface area (Å²) in [6.07, 6.45) is 2.65. The molecule has 3 rings (SSSR count). The highest BCUT2D eigenvalue weighted by Crippen LogP contribution is 2.26. The molecule has 0 bridgehead atoms. The number of amides is 1. The van der Waals surface area contributed by atoms with Gasteiger partial charge in [0, 0.05) is 17.6 Å². The predicted octanol–water partition coefficient (Wildman–Crippen LogP) is 3.20. The minimum atomic E-state index is -0.328. The van der Waals surface area contributed by atoms with Gasteiger partial charge in [0.25, 0.3) is 11.7 Å². The molecule has 1 unspecified atom stereocenters. The molecule has 0 aliphatic heterocycles. The first-order valence-electron chi connectivity index (χ1n) is 7.68. The Hall–Kier alpha value is -2.76. The maximum atomic E-state index is 12.5. The lowest BCUT2D eigenvalue weighted by Gasteiger charge is -2.14. The standard InChI is InChI=1S/C17H19N5O/c1-4-11(2)13-7-5-6-8-14(13)19-16(23)15-20-17-18-10-9-12(3)22(17)21-15/h5-11H,4H2,1-3H3,(H,19,23). The molecule has 0 fully saturated rings. The van der Waals surface area contributed by atoms with Crippen LogP contribution in [0.15, 0.2) is 36.5 Å². The van der Waals surface area contributed by atoms with Gasteiger partial charge in [0.2, 0.25) is 5.82 Å². The van der Waals surface area contributed by atoms with Crippen LogP contribution in [-0.2, 0) is 0 Å². The number of rotatable bonds is 4. The Morgan fingerprint density at radius 1 is 1.30 bits per heavy atom. The van der Waals surface area contributed by atoms with Gasteiger partial charge in [-0.05, 0) is 37.0 Å². The van der Waals surface area contributed by atoms with Crippen molar-refractivity contribution in [1.29, 1.82) is 0 Å². The largest absolute Gasteiger partial charge is 0.319 e. The number of hydrogen-bond donors (Lipinski definition) is 1.